The van der Waals surface area contributed by atoms with E-state index in [0.29, 0.717) is 17.8 Å². The van der Waals surface area contributed by atoms with Crippen molar-refractivity contribution in [3.63, 3.8) is 0 Å². The van der Waals surface area contributed by atoms with Crippen molar-refractivity contribution in [2.45, 2.75) is 50.2 Å². The second kappa shape index (κ2) is 8.96. The molecule has 1 aliphatic carbocycles. The predicted octanol–water partition coefficient (Wildman–Crippen LogP) is 3.07. The highest BCUT2D eigenvalue weighted by Crippen LogP contribution is 2.56. The van der Waals surface area contributed by atoms with Crippen molar-refractivity contribution in [2.24, 2.45) is 17.8 Å². The van der Waals surface area contributed by atoms with E-state index in [-0.39, 0.29) is 30.1 Å². The van der Waals surface area contributed by atoms with Crippen LogP contribution in [0, 0.1) is 17.8 Å². The Balaban J connectivity index is 0.000000764. The standard InChI is InChI=1S/C24H27BrN4O2.CO2/c1-14-17-10-21-24(8-9-28(21)13-15(17)6-7-20(14)30)18-4-2-3-5-19(18)29(22(24)31)23-26-11-16(25)12-27-23;2-1-3/h2-5,11-12,14-15,17,20-21,30H,6-10,13H2,1H3;/t14-,15+,17-,20+,21+,24+;/m1./s1. The molecule has 2 saturated heterocycles. The highest BCUT2D eigenvalue weighted by molar-refractivity contribution is 9.10. The molecule has 9 heteroatoms. The molecule has 178 valence electrons. The number of amides is 1. The van der Waals surface area contributed by atoms with E-state index in [9.17, 15) is 9.90 Å². The van der Waals surface area contributed by atoms with E-state index >= 15 is 0 Å². The summed E-state index contributed by atoms with van der Waals surface area (Å²) < 4.78 is 0.793. The van der Waals surface area contributed by atoms with Gasteiger partial charge in [-0.25, -0.2) is 14.9 Å². The van der Waals surface area contributed by atoms with Crippen molar-refractivity contribution in [3.8, 4) is 0 Å². The van der Waals surface area contributed by atoms with Gasteiger partial charge in [0.25, 0.3) is 0 Å². The molecule has 3 aliphatic heterocycles. The van der Waals surface area contributed by atoms with Gasteiger partial charge in [0.15, 0.2) is 0 Å². The molecule has 1 aromatic carbocycles. The van der Waals surface area contributed by atoms with Gasteiger partial charge in [-0.3, -0.25) is 9.69 Å². The fraction of sp³-hybridized carbons (Fsp3) is 0.520. The third-order valence-electron chi connectivity index (χ3n) is 8.51. The van der Waals surface area contributed by atoms with Crippen LogP contribution in [0.1, 0.15) is 38.2 Å². The van der Waals surface area contributed by atoms with Gasteiger partial charge in [-0.2, -0.15) is 9.59 Å². The zero-order valence-corrected chi connectivity index (χ0v) is 20.5. The molecule has 8 nitrogen and oxygen atoms in total. The SMILES string of the molecule is C[C@@H]1[C@H]2C[C@@H]3N(CC[C@@]34C(=O)N(c3ncc(Br)cn3)c3ccccc34)C[C@@H]2CC[C@@H]1O.O=C=O. The third kappa shape index (κ3) is 3.45. The number of carbonyl (C=O) groups is 1. The summed E-state index contributed by atoms with van der Waals surface area (Å²) >= 11 is 3.39. The lowest BCUT2D eigenvalue weighted by Gasteiger charge is -2.50. The number of hydrogen-bond acceptors (Lipinski definition) is 7. The van der Waals surface area contributed by atoms with Crippen LogP contribution in [0.15, 0.2) is 41.1 Å². The van der Waals surface area contributed by atoms with Crippen LogP contribution < -0.4 is 4.90 Å². The van der Waals surface area contributed by atoms with Crippen LogP contribution in [0.2, 0.25) is 0 Å². The van der Waals surface area contributed by atoms with E-state index in [4.69, 9.17) is 9.59 Å². The minimum absolute atomic E-state index is 0.103. The van der Waals surface area contributed by atoms with E-state index < -0.39 is 5.41 Å². The number of rotatable bonds is 1. The minimum atomic E-state index is -0.555. The predicted molar refractivity (Wildman–Crippen MR) is 126 cm³/mol. The highest BCUT2D eigenvalue weighted by atomic mass is 79.9. The normalized spacial score (nSPS) is 34.0. The number of piperidine rings is 1. The minimum Gasteiger partial charge on any atom is -0.393 e. The molecule has 0 radical (unpaired) electrons. The van der Waals surface area contributed by atoms with Crippen molar-refractivity contribution in [1.29, 1.82) is 0 Å². The molecular weight excluding hydrogens is 500 g/mol. The van der Waals surface area contributed by atoms with Crippen molar-refractivity contribution >= 4 is 39.6 Å². The monoisotopic (exact) mass is 526 g/mol. The first-order valence-corrected chi connectivity index (χ1v) is 12.5. The zero-order chi connectivity index (χ0) is 24.0. The molecule has 0 bridgehead atoms. The number of aliphatic hydroxyl groups excluding tert-OH is 1. The Labute approximate surface area is 206 Å². The summed E-state index contributed by atoms with van der Waals surface area (Å²) in [6.07, 6.45) is 7.22. The number of benzene rings is 1. The largest absolute Gasteiger partial charge is 0.393 e. The number of aromatic nitrogens is 2. The van der Waals surface area contributed by atoms with Crippen LogP contribution in [0.3, 0.4) is 0 Å². The number of para-hydroxylation sites is 1. The van der Waals surface area contributed by atoms with Crippen LogP contribution in [0.4, 0.5) is 11.6 Å². The Kier molecular flexibility index (Phi) is 6.14. The van der Waals surface area contributed by atoms with Crippen molar-refractivity contribution < 1.29 is 19.5 Å². The van der Waals surface area contributed by atoms with Crippen molar-refractivity contribution in [2.75, 3.05) is 18.0 Å². The molecule has 0 unspecified atom stereocenters. The molecule has 3 fully saturated rings. The molecule has 6 rings (SSSR count). The zero-order valence-electron chi connectivity index (χ0n) is 18.9. The summed E-state index contributed by atoms with van der Waals surface area (Å²) in [4.78, 5) is 43.6. The Morgan fingerprint density at radius 3 is 2.62 bits per heavy atom. The number of carbonyl (C=O) groups excluding carboxylic acids is 3. The first-order chi connectivity index (χ1) is 16.4. The second-order valence-electron chi connectivity index (χ2n) is 9.84. The average Bonchev–Trinajstić information content (AvgIpc) is 3.33. The van der Waals surface area contributed by atoms with Gasteiger partial charge in [0.1, 0.15) is 0 Å². The van der Waals surface area contributed by atoms with E-state index in [0.717, 1.165) is 54.5 Å². The molecule has 6 atom stereocenters. The van der Waals surface area contributed by atoms with Gasteiger partial charge < -0.3 is 5.11 Å². The van der Waals surface area contributed by atoms with Gasteiger partial charge in [0.2, 0.25) is 11.9 Å². The summed E-state index contributed by atoms with van der Waals surface area (Å²) in [6, 6.07) is 8.34. The lowest BCUT2D eigenvalue weighted by atomic mass is 9.62. The number of fused-ring (bicyclic) bond motifs is 5. The van der Waals surface area contributed by atoms with E-state index in [1.165, 1.54) is 0 Å². The smallest absolute Gasteiger partial charge is 0.373 e. The second-order valence-corrected chi connectivity index (χ2v) is 10.8. The van der Waals surface area contributed by atoms with Crippen LogP contribution >= 0.6 is 15.9 Å². The van der Waals surface area contributed by atoms with Gasteiger partial charge in [0, 0.05) is 25.0 Å². The Bertz CT molecular complexity index is 1120. The first-order valence-electron chi connectivity index (χ1n) is 11.8. The lowest BCUT2D eigenvalue weighted by molar-refractivity contribution is -0.191. The number of nitrogens with zero attached hydrogens (tertiary/aromatic N) is 4. The van der Waals surface area contributed by atoms with E-state index in [1.807, 2.05) is 18.2 Å². The van der Waals surface area contributed by atoms with Crippen molar-refractivity contribution in [3.05, 3.63) is 46.7 Å². The topological polar surface area (TPSA) is 104 Å². The molecule has 1 N–H and O–H groups in total. The number of halogens is 1. The summed E-state index contributed by atoms with van der Waals surface area (Å²) in [5, 5.41) is 10.5. The Morgan fingerprint density at radius 1 is 1.18 bits per heavy atom. The molecule has 1 saturated carbocycles. The summed E-state index contributed by atoms with van der Waals surface area (Å²) in [7, 11) is 0. The average molecular weight is 527 g/mol. The van der Waals surface area contributed by atoms with Gasteiger partial charge >= 0.3 is 6.15 Å². The van der Waals surface area contributed by atoms with Crippen molar-refractivity contribution in [1.82, 2.24) is 14.9 Å². The molecule has 1 aromatic heterocycles. The molecule has 34 heavy (non-hydrogen) atoms. The molecule has 1 spiro atoms. The molecule has 1 amide bonds. The Hall–Kier alpha value is -2.45. The van der Waals surface area contributed by atoms with Gasteiger partial charge in [-0.15, -0.1) is 0 Å². The lowest BCUT2D eigenvalue weighted by Crippen LogP contribution is -2.56. The maximum Gasteiger partial charge on any atom is 0.373 e. The molecule has 2 aromatic rings. The fourth-order valence-corrected chi connectivity index (χ4v) is 7.15. The third-order valence-corrected chi connectivity index (χ3v) is 8.91. The van der Waals surface area contributed by atoms with Crippen LogP contribution in [-0.4, -0.2) is 57.3 Å². The fourth-order valence-electron chi connectivity index (χ4n) is 6.95. The number of anilines is 2. The highest BCUT2D eigenvalue weighted by Gasteiger charge is 2.63. The maximum absolute atomic E-state index is 14.2. The van der Waals surface area contributed by atoms with E-state index in [2.05, 4.69) is 43.8 Å². The summed E-state index contributed by atoms with van der Waals surface area (Å²) in [5.41, 5.74) is 1.47. The van der Waals surface area contributed by atoms with Crippen LogP contribution in [0.25, 0.3) is 0 Å². The maximum atomic E-state index is 14.2. The van der Waals surface area contributed by atoms with Crippen LogP contribution in [0.5, 0.6) is 0 Å². The van der Waals surface area contributed by atoms with E-state index in [1.54, 1.807) is 17.3 Å². The molecular formula is C25H27BrN4O4. The van der Waals surface area contributed by atoms with Gasteiger partial charge in [-0.1, -0.05) is 25.1 Å². The molecule has 4 heterocycles. The van der Waals surface area contributed by atoms with Gasteiger partial charge in [0.05, 0.1) is 21.7 Å². The first kappa shape index (κ1) is 23.3. The van der Waals surface area contributed by atoms with Crippen LogP contribution in [-0.2, 0) is 19.8 Å². The quantitative estimate of drug-likeness (QED) is 0.608. The summed E-state index contributed by atoms with van der Waals surface area (Å²) in [6.45, 7) is 4.18. The Morgan fingerprint density at radius 2 is 1.88 bits per heavy atom. The molecule has 4 aliphatic rings. The number of hydrogen-bond donors (Lipinski definition) is 1. The summed E-state index contributed by atoms with van der Waals surface area (Å²) in [5.74, 6) is 1.92. The number of aliphatic hydroxyl groups is 1. The van der Waals surface area contributed by atoms with Gasteiger partial charge in [-0.05, 0) is 77.5 Å².